The van der Waals surface area contributed by atoms with Gasteiger partial charge in [0.15, 0.2) is 6.61 Å². The third kappa shape index (κ3) is 5.76. The number of hydrogen-bond donors (Lipinski definition) is 1. The number of aromatic nitrogens is 1. The number of hydrogen-bond acceptors (Lipinski definition) is 4. The largest absolute Gasteiger partial charge is 0.479 e. The average molecular weight is 431 g/mol. The van der Waals surface area contributed by atoms with Crippen LogP contribution < -0.4 is 10.1 Å². The minimum Gasteiger partial charge on any atom is -0.479 e. The number of rotatable bonds is 9. The van der Waals surface area contributed by atoms with Gasteiger partial charge in [0, 0.05) is 42.0 Å². The average Bonchev–Trinajstić information content (AvgIpc) is 3.19. The molecule has 32 heavy (non-hydrogen) atoms. The number of carbonyl (C=O) groups excluding carboxylic acids is 2. The molecule has 0 radical (unpaired) electrons. The Kier molecular flexibility index (Phi) is 7.65. The van der Waals surface area contributed by atoms with Crippen molar-refractivity contribution in [2.75, 3.05) is 25.0 Å². The second kappa shape index (κ2) is 10.8. The predicted octanol–water partition coefficient (Wildman–Crippen LogP) is 4.06. The zero-order valence-corrected chi connectivity index (χ0v) is 18.2. The molecule has 2 amide bonds. The van der Waals surface area contributed by atoms with Crippen LogP contribution in [0.3, 0.4) is 0 Å². The van der Waals surface area contributed by atoms with Crippen molar-refractivity contribution in [2.45, 2.75) is 20.4 Å². The van der Waals surface area contributed by atoms with Crippen molar-refractivity contribution in [2.24, 2.45) is 0 Å². The van der Waals surface area contributed by atoms with Crippen LogP contribution in [-0.2, 0) is 16.1 Å². The smallest absolute Gasteiger partial charge is 0.248 e. The number of anilines is 1. The lowest BCUT2D eigenvalue weighted by Crippen LogP contribution is -2.33. The van der Waals surface area contributed by atoms with Gasteiger partial charge in [0.05, 0.1) is 0 Å². The van der Waals surface area contributed by atoms with Crippen molar-refractivity contribution in [1.29, 1.82) is 5.26 Å². The maximum atomic E-state index is 12.4. The number of nitrogens with one attached hydrogen (secondary N) is 1. The van der Waals surface area contributed by atoms with Crippen molar-refractivity contribution in [3.63, 3.8) is 0 Å². The molecule has 7 nitrogen and oxygen atoms in total. The van der Waals surface area contributed by atoms with Gasteiger partial charge in [-0.1, -0.05) is 12.1 Å². The number of fused-ring (bicyclic) bond motifs is 1. The van der Waals surface area contributed by atoms with E-state index in [-0.39, 0.29) is 18.4 Å². The summed E-state index contributed by atoms with van der Waals surface area (Å²) < 4.78 is 7.13. The SMILES string of the molecule is CCN(CC)C(=O)Cn1ccc2cc(NC(=O)/C=C/c3ccc(OCC#N)cc3)ccc21. The molecule has 0 spiro atoms. The molecule has 2 aromatic carbocycles. The summed E-state index contributed by atoms with van der Waals surface area (Å²) in [7, 11) is 0. The fourth-order valence-electron chi connectivity index (χ4n) is 3.38. The molecule has 3 rings (SSSR count). The Hall–Kier alpha value is -4.05. The molecule has 3 aromatic rings. The summed E-state index contributed by atoms with van der Waals surface area (Å²) >= 11 is 0. The Bertz CT molecular complexity index is 1150. The van der Waals surface area contributed by atoms with E-state index in [4.69, 9.17) is 10.00 Å². The molecule has 7 heteroatoms. The van der Waals surface area contributed by atoms with Crippen LogP contribution in [-0.4, -0.2) is 41.0 Å². The monoisotopic (exact) mass is 430 g/mol. The number of benzene rings is 2. The molecular weight excluding hydrogens is 404 g/mol. The summed E-state index contributed by atoms with van der Waals surface area (Å²) in [5, 5.41) is 12.3. The Morgan fingerprint density at radius 1 is 1.12 bits per heavy atom. The number of ether oxygens (including phenoxy) is 1. The number of nitrogens with zero attached hydrogens (tertiary/aromatic N) is 3. The summed E-state index contributed by atoms with van der Waals surface area (Å²) in [4.78, 5) is 26.5. The van der Waals surface area contributed by atoms with Gasteiger partial charge in [-0.2, -0.15) is 5.26 Å². The highest BCUT2D eigenvalue weighted by molar-refractivity contribution is 6.03. The molecular formula is C25H26N4O3. The maximum Gasteiger partial charge on any atom is 0.248 e. The third-order valence-corrected chi connectivity index (χ3v) is 5.07. The normalized spacial score (nSPS) is 10.8. The highest BCUT2D eigenvalue weighted by Gasteiger charge is 2.12. The Morgan fingerprint density at radius 3 is 2.56 bits per heavy atom. The van der Waals surface area contributed by atoms with Crippen LogP contribution in [0, 0.1) is 11.3 Å². The van der Waals surface area contributed by atoms with Crippen LogP contribution in [0.2, 0.25) is 0 Å². The molecule has 1 aromatic heterocycles. The quantitative estimate of drug-likeness (QED) is 0.519. The minimum atomic E-state index is -0.245. The van der Waals surface area contributed by atoms with Gasteiger partial charge in [0.1, 0.15) is 18.4 Å². The topological polar surface area (TPSA) is 87.4 Å². The second-order valence-electron chi connectivity index (χ2n) is 7.12. The van der Waals surface area contributed by atoms with Gasteiger partial charge in [-0.15, -0.1) is 0 Å². The number of carbonyl (C=O) groups is 2. The summed E-state index contributed by atoms with van der Waals surface area (Å²) in [6.07, 6.45) is 5.06. The molecule has 0 aliphatic rings. The van der Waals surface area contributed by atoms with Gasteiger partial charge >= 0.3 is 0 Å². The van der Waals surface area contributed by atoms with E-state index in [1.807, 2.05) is 67.1 Å². The molecule has 0 aliphatic carbocycles. The highest BCUT2D eigenvalue weighted by Crippen LogP contribution is 2.21. The lowest BCUT2D eigenvalue weighted by atomic mass is 10.2. The van der Waals surface area contributed by atoms with Crippen LogP contribution in [0.25, 0.3) is 17.0 Å². The third-order valence-electron chi connectivity index (χ3n) is 5.07. The zero-order valence-electron chi connectivity index (χ0n) is 18.2. The first-order chi connectivity index (χ1) is 15.5. The number of amides is 2. The van der Waals surface area contributed by atoms with E-state index in [0.29, 0.717) is 31.1 Å². The first-order valence-electron chi connectivity index (χ1n) is 10.5. The van der Waals surface area contributed by atoms with Crippen LogP contribution >= 0.6 is 0 Å². The van der Waals surface area contributed by atoms with E-state index in [1.165, 1.54) is 6.08 Å². The van der Waals surface area contributed by atoms with E-state index in [2.05, 4.69) is 5.32 Å². The van der Waals surface area contributed by atoms with Crippen LogP contribution in [0.1, 0.15) is 19.4 Å². The van der Waals surface area contributed by atoms with E-state index < -0.39 is 0 Å². The molecule has 1 N–H and O–H groups in total. The van der Waals surface area contributed by atoms with Gasteiger partial charge in [-0.3, -0.25) is 9.59 Å². The second-order valence-corrected chi connectivity index (χ2v) is 7.12. The summed E-state index contributed by atoms with van der Waals surface area (Å²) in [6, 6.07) is 16.6. The summed E-state index contributed by atoms with van der Waals surface area (Å²) in [5.41, 5.74) is 2.47. The molecule has 0 atom stereocenters. The van der Waals surface area contributed by atoms with Crippen molar-refractivity contribution in [3.05, 3.63) is 66.4 Å². The Labute approximate surface area is 187 Å². The van der Waals surface area contributed by atoms with Gasteiger partial charge < -0.3 is 19.5 Å². The lowest BCUT2D eigenvalue weighted by molar-refractivity contribution is -0.131. The van der Waals surface area contributed by atoms with Gasteiger partial charge in [-0.05, 0) is 61.9 Å². The zero-order chi connectivity index (χ0) is 22.9. The summed E-state index contributed by atoms with van der Waals surface area (Å²) in [6.45, 7) is 5.62. The molecule has 0 unspecified atom stereocenters. The van der Waals surface area contributed by atoms with E-state index in [0.717, 1.165) is 16.5 Å². The molecule has 0 aliphatic heterocycles. The van der Waals surface area contributed by atoms with Crippen LogP contribution in [0.5, 0.6) is 5.75 Å². The van der Waals surface area contributed by atoms with E-state index in [1.54, 1.807) is 23.1 Å². The van der Waals surface area contributed by atoms with Crippen molar-refractivity contribution in [3.8, 4) is 11.8 Å². The Balaban J connectivity index is 1.62. The Morgan fingerprint density at radius 2 is 1.88 bits per heavy atom. The van der Waals surface area contributed by atoms with Crippen molar-refractivity contribution in [1.82, 2.24) is 9.47 Å². The number of likely N-dealkylation sites (N-methyl/N-ethyl adjacent to an activating group) is 1. The first kappa shape index (κ1) is 22.6. The van der Waals surface area contributed by atoms with Crippen LogP contribution in [0.15, 0.2) is 60.8 Å². The minimum absolute atomic E-state index is 0.00243. The number of nitriles is 1. The molecule has 0 bridgehead atoms. The van der Waals surface area contributed by atoms with Gasteiger partial charge in [0.25, 0.3) is 0 Å². The van der Waals surface area contributed by atoms with Crippen LogP contribution in [0.4, 0.5) is 5.69 Å². The van der Waals surface area contributed by atoms with E-state index >= 15 is 0 Å². The first-order valence-corrected chi connectivity index (χ1v) is 10.5. The molecule has 164 valence electrons. The lowest BCUT2D eigenvalue weighted by Gasteiger charge is -2.19. The predicted molar refractivity (Wildman–Crippen MR) is 125 cm³/mol. The molecule has 1 heterocycles. The fourth-order valence-corrected chi connectivity index (χ4v) is 3.38. The van der Waals surface area contributed by atoms with Crippen molar-refractivity contribution >= 4 is 34.5 Å². The standard InChI is InChI=1S/C25H26N4O3/c1-3-28(4-2)25(31)18-29-15-13-20-17-21(8-11-23(20)29)27-24(30)12-7-19-5-9-22(10-6-19)32-16-14-26/h5-13,15,17H,3-4,16,18H2,1-2H3,(H,27,30)/b12-7+. The maximum absolute atomic E-state index is 12.4. The molecule has 0 fully saturated rings. The fraction of sp³-hybridized carbons (Fsp3) is 0.240. The molecule has 0 saturated heterocycles. The van der Waals surface area contributed by atoms with E-state index in [9.17, 15) is 9.59 Å². The summed E-state index contributed by atoms with van der Waals surface area (Å²) in [5.74, 6) is 0.442. The van der Waals surface area contributed by atoms with Gasteiger partial charge in [0.2, 0.25) is 11.8 Å². The molecule has 0 saturated carbocycles. The van der Waals surface area contributed by atoms with Crippen molar-refractivity contribution < 1.29 is 14.3 Å². The highest BCUT2D eigenvalue weighted by atomic mass is 16.5. The van der Waals surface area contributed by atoms with Gasteiger partial charge in [-0.25, -0.2) is 0 Å².